The van der Waals surface area contributed by atoms with Crippen molar-refractivity contribution in [1.82, 2.24) is 0 Å². The van der Waals surface area contributed by atoms with Gasteiger partial charge in [-0.25, -0.2) is 9.13 Å². The molecule has 0 amide bonds. The van der Waals surface area contributed by atoms with Crippen LogP contribution in [0.15, 0.2) is 0 Å². The Kier molecular flexibility index (Phi) is 55.7. The molecule has 0 aromatic heterocycles. The molecule has 0 radical (unpaired) electrons. The normalized spacial score (nSPS) is 14.7. The maximum Gasteiger partial charge on any atom is 0.472 e. The Morgan fingerprint density at radius 1 is 0.326 bits per heavy atom. The Morgan fingerprint density at radius 3 is 0.826 bits per heavy atom. The smallest absolute Gasteiger partial charge is 0.462 e. The summed E-state index contributed by atoms with van der Waals surface area (Å²) in [5.41, 5.74) is 0. The van der Waals surface area contributed by atoms with Gasteiger partial charge in [0, 0.05) is 25.7 Å². The van der Waals surface area contributed by atoms with E-state index in [-0.39, 0.29) is 25.7 Å². The van der Waals surface area contributed by atoms with Gasteiger partial charge in [-0.1, -0.05) is 274 Å². The number of carbonyl (C=O) groups excluding carboxylic acids is 4. The molecule has 510 valence electrons. The fourth-order valence-corrected chi connectivity index (χ4v) is 11.5. The number of ether oxygens (including phenoxy) is 4. The quantitative estimate of drug-likeness (QED) is 0.0222. The van der Waals surface area contributed by atoms with Gasteiger partial charge in [0.1, 0.15) is 19.3 Å². The lowest BCUT2D eigenvalue weighted by Gasteiger charge is -2.21. The molecule has 0 aliphatic rings. The lowest BCUT2D eigenvalue weighted by Crippen LogP contribution is -2.30. The van der Waals surface area contributed by atoms with Crippen molar-refractivity contribution in [2.45, 2.75) is 343 Å². The monoisotopic (exact) mass is 1270 g/mol. The summed E-state index contributed by atoms with van der Waals surface area (Å²) >= 11 is 0. The number of aliphatic hydroxyl groups excluding tert-OH is 1. The third-order valence-corrected chi connectivity index (χ3v) is 17.6. The largest absolute Gasteiger partial charge is 0.472 e. The molecule has 6 atom stereocenters. The highest BCUT2D eigenvalue weighted by Crippen LogP contribution is 2.45. The van der Waals surface area contributed by atoms with Crippen LogP contribution in [0.3, 0.4) is 0 Å². The van der Waals surface area contributed by atoms with Crippen molar-refractivity contribution < 1.29 is 80.2 Å². The highest BCUT2D eigenvalue weighted by molar-refractivity contribution is 7.47. The second-order valence-electron chi connectivity index (χ2n) is 25.9. The lowest BCUT2D eigenvalue weighted by molar-refractivity contribution is -0.161. The van der Waals surface area contributed by atoms with Crippen molar-refractivity contribution in [3.63, 3.8) is 0 Å². The van der Waals surface area contributed by atoms with Gasteiger partial charge in [-0.2, -0.15) is 0 Å². The standard InChI is InChI=1S/C67H130O17P2/c1-9-60(8)46-38-30-22-15-17-25-34-42-50-67(72)84-63(54-78-65(70)48-40-32-26-18-21-29-37-45-59(6)7)56-82-86(75,76)80-52-61(68)51-79-85(73,74)81-55-62(83-66(71)49-41-33-24-16-14-20-28-36-44-58(4)5)53-77-64(69)47-39-31-23-13-11-10-12-19-27-35-43-57(2)3/h57-63,68H,9-56H2,1-8H3,(H,73,74)(H,75,76)/t60?,61?,62-,63-/m1/s1. The summed E-state index contributed by atoms with van der Waals surface area (Å²) in [4.78, 5) is 72.4. The van der Waals surface area contributed by atoms with E-state index in [1.807, 2.05) is 0 Å². The zero-order valence-electron chi connectivity index (χ0n) is 55.9. The number of hydrogen-bond donors (Lipinski definition) is 3. The highest BCUT2D eigenvalue weighted by Gasteiger charge is 2.30. The summed E-state index contributed by atoms with van der Waals surface area (Å²) in [6.45, 7) is 14.0. The van der Waals surface area contributed by atoms with E-state index in [1.165, 1.54) is 122 Å². The molecule has 0 aromatic rings. The van der Waals surface area contributed by atoms with Crippen LogP contribution in [-0.2, 0) is 65.4 Å². The Morgan fingerprint density at radius 2 is 0.558 bits per heavy atom. The summed E-state index contributed by atoms with van der Waals surface area (Å²) in [5.74, 6) is 0.815. The Balaban J connectivity index is 5.26. The zero-order chi connectivity index (χ0) is 63.9. The molecule has 3 N–H and O–H groups in total. The Hall–Kier alpha value is -1.94. The van der Waals surface area contributed by atoms with E-state index < -0.39 is 97.5 Å². The van der Waals surface area contributed by atoms with Crippen molar-refractivity contribution in [3.05, 3.63) is 0 Å². The van der Waals surface area contributed by atoms with Crippen LogP contribution in [0.25, 0.3) is 0 Å². The maximum atomic E-state index is 13.0. The van der Waals surface area contributed by atoms with Gasteiger partial charge in [0.05, 0.1) is 26.4 Å². The molecule has 0 aliphatic heterocycles. The second-order valence-corrected chi connectivity index (χ2v) is 28.8. The first-order chi connectivity index (χ1) is 41.1. The van der Waals surface area contributed by atoms with E-state index in [1.54, 1.807) is 0 Å². The number of aliphatic hydroxyl groups is 1. The van der Waals surface area contributed by atoms with Gasteiger partial charge < -0.3 is 33.8 Å². The van der Waals surface area contributed by atoms with E-state index in [4.69, 9.17) is 37.0 Å². The molecular formula is C67H130O17P2. The molecule has 86 heavy (non-hydrogen) atoms. The number of carbonyl (C=O) groups is 4. The molecule has 4 unspecified atom stereocenters. The summed E-state index contributed by atoms with van der Waals surface area (Å²) < 4.78 is 68.1. The lowest BCUT2D eigenvalue weighted by atomic mass is 9.99. The Labute approximate surface area is 524 Å². The van der Waals surface area contributed by atoms with E-state index >= 15 is 0 Å². The number of phosphoric ester groups is 2. The van der Waals surface area contributed by atoms with Crippen molar-refractivity contribution in [3.8, 4) is 0 Å². The third-order valence-electron chi connectivity index (χ3n) is 15.7. The fraction of sp³-hybridized carbons (Fsp3) is 0.940. The van der Waals surface area contributed by atoms with E-state index in [0.29, 0.717) is 31.6 Å². The average Bonchev–Trinajstić information content (AvgIpc) is 3.68. The van der Waals surface area contributed by atoms with Crippen LogP contribution in [0, 0.1) is 23.7 Å². The maximum absolute atomic E-state index is 13.0. The number of unbranched alkanes of at least 4 members (excludes halogenated alkanes) is 29. The van der Waals surface area contributed by atoms with Crippen molar-refractivity contribution >= 4 is 39.5 Å². The number of phosphoric acid groups is 2. The summed E-state index contributed by atoms with van der Waals surface area (Å²) in [7, 11) is -9.90. The summed E-state index contributed by atoms with van der Waals surface area (Å²) in [6, 6.07) is 0. The number of hydrogen-bond acceptors (Lipinski definition) is 15. The van der Waals surface area contributed by atoms with Crippen molar-refractivity contribution in [2.24, 2.45) is 23.7 Å². The van der Waals surface area contributed by atoms with Gasteiger partial charge in [-0.15, -0.1) is 0 Å². The molecule has 0 spiro atoms. The van der Waals surface area contributed by atoms with Gasteiger partial charge in [0.25, 0.3) is 0 Å². The van der Waals surface area contributed by atoms with Crippen LogP contribution in [0.5, 0.6) is 0 Å². The predicted molar refractivity (Wildman–Crippen MR) is 344 cm³/mol. The van der Waals surface area contributed by atoms with Crippen LogP contribution in [0.2, 0.25) is 0 Å². The van der Waals surface area contributed by atoms with Crippen molar-refractivity contribution in [1.29, 1.82) is 0 Å². The molecule has 19 heteroatoms. The molecule has 0 saturated carbocycles. The van der Waals surface area contributed by atoms with Crippen molar-refractivity contribution in [2.75, 3.05) is 39.6 Å². The fourth-order valence-electron chi connectivity index (χ4n) is 9.93. The molecule has 0 aromatic carbocycles. The molecule has 0 rings (SSSR count). The van der Waals surface area contributed by atoms with Gasteiger partial charge >= 0.3 is 39.5 Å². The molecule has 0 fully saturated rings. The van der Waals surface area contributed by atoms with Crippen LogP contribution >= 0.6 is 15.6 Å². The number of esters is 4. The Bertz CT molecular complexity index is 1720. The zero-order valence-corrected chi connectivity index (χ0v) is 57.7. The topological polar surface area (TPSA) is 237 Å². The minimum absolute atomic E-state index is 0.103. The predicted octanol–water partition coefficient (Wildman–Crippen LogP) is 18.5. The van der Waals surface area contributed by atoms with Crippen LogP contribution in [-0.4, -0.2) is 96.7 Å². The molecule has 0 heterocycles. The van der Waals surface area contributed by atoms with Crippen LogP contribution in [0.1, 0.15) is 325 Å². The first-order valence-electron chi connectivity index (χ1n) is 34.7. The summed E-state index contributed by atoms with van der Waals surface area (Å²) in [5, 5.41) is 10.6. The minimum Gasteiger partial charge on any atom is -0.462 e. The number of rotatable bonds is 64. The summed E-state index contributed by atoms with van der Waals surface area (Å²) in [6.07, 6.45) is 37.6. The van der Waals surface area contributed by atoms with Crippen LogP contribution in [0.4, 0.5) is 0 Å². The molecule has 17 nitrogen and oxygen atoms in total. The SMILES string of the molecule is CCC(C)CCCCCCCCCCC(=O)O[C@H](COC(=O)CCCCCCCCCC(C)C)COP(=O)(O)OCC(O)COP(=O)(O)OC[C@@H](COC(=O)CCCCCCCCCCCCC(C)C)OC(=O)CCCCCCCCCCC(C)C. The van der Waals surface area contributed by atoms with Gasteiger partial charge in [-0.05, 0) is 49.4 Å². The highest BCUT2D eigenvalue weighted by atomic mass is 31.2. The minimum atomic E-state index is -4.95. The first kappa shape index (κ1) is 84.1. The molecular weight excluding hydrogens is 1140 g/mol. The first-order valence-corrected chi connectivity index (χ1v) is 37.7. The van der Waals surface area contributed by atoms with E-state index in [2.05, 4.69) is 55.4 Å². The van der Waals surface area contributed by atoms with Gasteiger partial charge in [0.2, 0.25) is 0 Å². The molecule has 0 aliphatic carbocycles. The van der Waals surface area contributed by atoms with Gasteiger partial charge in [0.15, 0.2) is 12.2 Å². The molecule has 0 bridgehead atoms. The van der Waals surface area contributed by atoms with Gasteiger partial charge in [-0.3, -0.25) is 37.3 Å². The molecule has 0 saturated heterocycles. The van der Waals surface area contributed by atoms with E-state index in [0.717, 1.165) is 114 Å². The van der Waals surface area contributed by atoms with E-state index in [9.17, 15) is 43.2 Å². The van der Waals surface area contributed by atoms with Crippen LogP contribution < -0.4 is 0 Å². The average molecular weight is 1270 g/mol. The third kappa shape index (κ3) is 59.7. The second kappa shape index (κ2) is 57.0.